The van der Waals surface area contributed by atoms with Crippen LogP contribution >= 0.6 is 11.3 Å². The van der Waals surface area contributed by atoms with Crippen LogP contribution in [0, 0.1) is 0 Å². The molecule has 0 radical (unpaired) electrons. The minimum atomic E-state index is -0.285. The van der Waals surface area contributed by atoms with Gasteiger partial charge in [0.1, 0.15) is 18.7 Å². The number of benzene rings is 2. The molecule has 2 aromatic heterocycles. The monoisotopic (exact) mass is 322 g/mol. The SMILES string of the molecule is O=c1cc(C[NH2+]Cc2cccs2)c2c(ccc3ccccc32)o1. The van der Waals surface area contributed by atoms with Crippen molar-refractivity contribution in [2.24, 2.45) is 0 Å². The fourth-order valence-corrected chi connectivity index (χ4v) is 3.68. The molecule has 2 N–H and O–H groups in total. The molecule has 4 aromatic rings. The van der Waals surface area contributed by atoms with E-state index >= 15 is 0 Å². The summed E-state index contributed by atoms with van der Waals surface area (Å²) in [4.78, 5) is 13.2. The van der Waals surface area contributed by atoms with Crippen LogP contribution in [-0.4, -0.2) is 0 Å². The highest BCUT2D eigenvalue weighted by atomic mass is 32.1. The summed E-state index contributed by atoms with van der Waals surface area (Å²) in [5, 5.41) is 7.65. The number of rotatable bonds is 4. The zero-order valence-corrected chi connectivity index (χ0v) is 13.3. The Balaban J connectivity index is 1.77. The molecule has 2 heterocycles. The van der Waals surface area contributed by atoms with Crippen LogP contribution in [0.2, 0.25) is 0 Å². The van der Waals surface area contributed by atoms with E-state index in [9.17, 15) is 4.79 Å². The van der Waals surface area contributed by atoms with Gasteiger partial charge in [0.25, 0.3) is 0 Å². The van der Waals surface area contributed by atoms with Crippen LogP contribution in [0.4, 0.5) is 0 Å². The van der Waals surface area contributed by atoms with E-state index in [2.05, 4.69) is 35.0 Å². The lowest BCUT2D eigenvalue weighted by molar-refractivity contribution is -0.685. The maximum atomic E-state index is 11.9. The normalized spacial score (nSPS) is 11.3. The van der Waals surface area contributed by atoms with Gasteiger partial charge in [0, 0.05) is 17.0 Å². The molecule has 0 fully saturated rings. The number of fused-ring (bicyclic) bond motifs is 3. The van der Waals surface area contributed by atoms with Gasteiger partial charge < -0.3 is 9.73 Å². The van der Waals surface area contributed by atoms with Gasteiger partial charge in [-0.05, 0) is 28.3 Å². The number of nitrogens with two attached hydrogens (primary N) is 1. The minimum absolute atomic E-state index is 0.285. The summed E-state index contributed by atoms with van der Waals surface area (Å²) in [5.41, 5.74) is 1.41. The molecular formula is C19H16NO2S+. The molecule has 0 aliphatic carbocycles. The van der Waals surface area contributed by atoms with Gasteiger partial charge >= 0.3 is 5.63 Å². The van der Waals surface area contributed by atoms with Gasteiger partial charge in [0.05, 0.1) is 4.88 Å². The predicted octanol–water partition coefficient (Wildman–Crippen LogP) is 3.27. The maximum Gasteiger partial charge on any atom is 0.336 e. The summed E-state index contributed by atoms with van der Waals surface area (Å²) in [6.45, 7) is 1.68. The Bertz CT molecular complexity index is 1020. The molecule has 114 valence electrons. The lowest BCUT2D eigenvalue weighted by Crippen LogP contribution is -2.80. The van der Waals surface area contributed by atoms with Crippen molar-refractivity contribution >= 4 is 33.1 Å². The van der Waals surface area contributed by atoms with E-state index in [1.54, 1.807) is 17.4 Å². The second kappa shape index (κ2) is 5.99. The summed E-state index contributed by atoms with van der Waals surface area (Å²) in [5.74, 6) is 0. The van der Waals surface area contributed by atoms with E-state index < -0.39 is 0 Å². The molecule has 0 aliphatic heterocycles. The zero-order chi connectivity index (χ0) is 15.6. The first kappa shape index (κ1) is 14.2. The van der Waals surface area contributed by atoms with Crippen LogP contribution in [0.5, 0.6) is 0 Å². The molecule has 3 nitrogen and oxygen atoms in total. The Labute approximate surface area is 137 Å². The van der Waals surface area contributed by atoms with Gasteiger partial charge in [-0.3, -0.25) is 0 Å². The molecule has 0 spiro atoms. The van der Waals surface area contributed by atoms with Gasteiger partial charge in [-0.1, -0.05) is 36.4 Å². The molecule has 0 saturated carbocycles. The highest BCUT2D eigenvalue weighted by molar-refractivity contribution is 7.09. The third-order valence-corrected chi connectivity index (χ3v) is 4.90. The first-order valence-electron chi connectivity index (χ1n) is 7.60. The van der Waals surface area contributed by atoms with Crippen molar-refractivity contribution in [2.75, 3.05) is 0 Å². The van der Waals surface area contributed by atoms with Crippen molar-refractivity contribution in [2.45, 2.75) is 13.1 Å². The van der Waals surface area contributed by atoms with Gasteiger partial charge in [-0.15, -0.1) is 11.3 Å². The van der Waals surface area contributed by atoms with E-state index in [1.165, 1.54) is 4.88 Å². The Morgan fingerprint density at radius 2 is 1.91 bits per heavy atom. The van der Waals surface area contributed by atoms with Crippen molar-refractivity contribution in [1.82, 2.24) is 0 Å². The summed E-state index contributed by atoms with van der Waals surface area (Å²) in [6.07, 6.45) is 0. The fraction of sp³-hybridized carbons (Fsp3) is 0.105. The van der Waals surface area contributed by atoms with Gasteiger partial charge in [0.2, 0.25) is 0 Å². The number of thiophene rings is 1. The zero-order valence-electron chi connectivity index (χ0n) is 12.5. The maximum absolute atomic E-state index is 11.9. The highest BCUT2D eigenvalue weighted by Gasteiger charge is 2.11. The molecule has 0 bridgehead atoms. The Hall–Kier alpha value is -2.43. The van der Waals surface area contributed by atoms with E-state index in [0.717, 1.165) is 34.8 Å². The average molecular weight is 322 g/mol. The van der Waals surface area contributed by atoms with Crippen molar-refractivity contribution < 1.29 is 9.73 Å². The third-order valence-electron chi connectivity index (χ3n) is 4.00. The molecule has 0 aliphatic rings. The minimum Gasteiger partial charge on any atom is -0.423 e. The van der Waals surface area contributed by atoms with Crippen molar-refractivity contribution in [3.63, 3.8) is 0 Å². The smallest absolute Gasteiger partial charge is 0.336 e. The lowest BCUT2D eigenvalue weighted by atomic mass is 10.0. The average Bonchev–Trinajstić information content (AvgIpc) is 3.07. The van der Waals surface area contributed by atoms with E-state index in [1.807, 2.05) is 24.3 Å². The molecule has 0 amide bonds. The van der Waals surface area contributed by atoms with E-state index in [0.29, 0.717) is 5.58 Å². The summed E-state index contributed by atoms with van der Waals surface area (Å²) < 4.78 is 5.40. The molecule has 23 heavy (non-hydrogen) atoms. The lowest BCUT2D eigenvalue weighted by Gasteiger charge is -2.08. The van der Waals surface area contributed by atoms with E-state index in [-0.39, 0.29) is 5.63 Å². The number of quaternary nitrogens is 1. The molecule has 4 rings (SSSR count). The summed E-state index contributed by atoms with van der Waals surface area (Å²) in [7, 11) is 0. The van der Waals surface area contributed by atoms with Crippen LogP contribution in [0.25, 0.3) is 21.7 Å². The molecule has 0 saturated heterocycles. The second-order valence-electron chi connectivity index (χ2n) is 5.53. The van der Waals surface area contributed by atoms with Crippen LogP contribution in [0.1, 0.15) is 10.4 Å². The fourth-order valence-electron chi connectivity index (χ4n) is 2.98. The Kier molecular flexibility index (Phi) is 3.69. The van der Waals surface area contributed by atoms with Gasteiger partial charge in [-0.25, -0.2) is 4.79 Å². The standard InChI is InChI=1S/C19H15NO2S/c21-18-10-14(11-20-12-15-5-3-9-23-15)19-16-6-2-1-4-13(16)7-8-17(19)22-18/h1-10,20H,11-12H2/p+1. The number of hydrogen-bond acceptors (Lipinski definition) is 3. The van der Waals surface area contributed by atoms with Crippen LogP contribution in [0.15, 0.2) is 69.2 Å². The molecule has 0 unspecified atom stereocenters. The second-order valence-corrected chi connectivity index (χ2v) is 6.56. The molecule has 2 aromatic carbocycles. The van der Waals surface area contributed by atoms with Gasteiger partial charge in [0.15, 0.2) is 0 Å². The number of hydrogen-bond donors (Lipinski definition) is 1. The topological polar surface area (TPSA) is 46.8 Å². The van der Waals surface area contributed by atoms with Crippen molar-refractivity contribution in [1.29, 1.82) is 0 Å². The van der Waals surface area contributed by atoms with E-state index in [4.69, 9.17) is 4.42 Å². The first-order chi connectivity index (χ1) is 11.3. The van der Waals surface area contributed by atoms with Crippen LogP contribution in [0.3, 0.4) is 0 Å². The largest absolute Gasteiger partial charge is 0.423 e. The summed E-state index contributed by atoms with van der Waals surface area (Å²) >= 11 is 1.76. The van der Waals surface area contributed by atoms with Crippen LogP contribution in [-0.2, 0) is 13.1 Å². The Morgan fingerprint density at radius 1 is 1.00 bits per heavy atom. The molecular weight excluding hydrogens is 306 g/mol. The third kappa shape index (κ3) is 2.79. The predicted molar refractivity (Wildman–Crippen MR) is 93.6 cm³/mol. The molecule has 4 heteroatoms. The highest BCUT2D eigenvalue weighted by Crippen LogP contribution is 2.26. The van der Waals surface area contributed by atoms with Crippen LogP contribution < -0.4 is 10.9 Å². The quantitative estimate of drug-likeness (QED) is 0.463. The Morgan fingerprint density at radius 3 is 2.78 bits per heavy atom. The summed E-state index contributed by atoms with van der Waals surface area (Å²) in [6, 6.07) is 17.9. The first-order valence-corrected chi connectivity index (χ1v) is 8.48. The molecule has 0 atom stereocenters. The van der Waals surface area contributed by atoms with Crippen molar-refractivity contribution in [3.8, 4) is 0 Å². The van der Waals surface area contributed by atoms with Gasteiger partial charge in [-0.2, -0.15) is 0 Å². The van der Waals surface area contributed by atoms with Crippen molar-refractivity contribution in [3.05, 3.63) is 80.8 Å².